The van der Waals surface area contributed by atoms with Gasteiger partial charge in [-0.15, -0.1) is 0 Å². The van der Waals surface area contributed by atoms with Crippen LogP contribution in [0.15, 0.2) is 18.3 Å². The number of aryl methyl sites for hydroxylation is 1. The van der Waals surface area contributed by atoms with Gasteiger partial charge in [-0.05, 0) is 31.5 Å². The Morgan fingerprint density at radius 3 is 2.85 bits per heavy atom. The van der Waals surface area contributed by atoms with Crippen molar-refractivity contribution in [3.8, 4) is 0 Å². The molecule has 72 valence electrons. The summed E-state index contributed by atoms with van der Waals surface area (Å²) in [6.45, 7) is 4.79. The van der Waals surface area contributed by atoms with Crippen LogP contribution in [-0.2, 0) is 0 Å². The Balaban J connectivity index is 2.82. The number of nitrogens with two attached hydrogens (primary N) is 1. The topological polar surface area (TPSA) is 42.2 Å². The van der Waals surface area contributed by atoms with E-state index in [1.807, 2.05) is 19.3 Å². The van der Waals surface area contributed by atoms with Crippen LogP contribution >= 0.6 is 0 Å². The molecular weight excluding hydrogens is 162 g/mol. The molecule has 13 heavy (non-hydrogen) atoms. The molecule has 0 spiro atoms. The lowest BCUT2D eigenvalue weighted by Gasteiger charge is -2.24. The molecule has 0 bridgehead atoms. The van der Waals surface area contributed by atoms with E-state index in [1.165, 1.54) is 5.56 Å². The first-order chi connectivity index (χ1) is 6.15. The average Bonchev–Trinajstić information content (AvgIpc) is 2.15. The second-order valence-electron chi connectivity index (χ2n) is 3.39. The SMILES string of the molecule is Cc1ccnc(N(C)C(C)CN)c1. The lowest BCUT2D eigenvalue weighted by molar-refractivity contribution is 0.687. The maximum absolute atomic E-state index is 5.58. The van der Waals surface area contributed by atoms with Crippen molar-refractivity contribution < 1.29 is 0 Å². The summed E-state index contributed by atoms with van der Waals surface area (Å²) in [6.07, 6.45) is 1.82. The Morgan fingerprint density at radius 1 is 1.62 bits per heavy atom. The second kappa shape index (κ2) is 4.23. The van der Waals surface area contributed by atoms with Crippen molar-refractivity contribution in [2.24, 2.45) is 5.73 Å². The van der Waals surface area contributed by atoms with Crippen molar-refractivity contribution in [1.82, 2.24) is 4.98 Å². The van der Waals surface area contributed by atoms with Crippen molar-refractivity contribution >= 4 is 5.82 Å². The molecule has 0 aromatic carbocycles. The van der Waals surface area contributed by atoms with Gasteiger partial charge < -0.3 is 10.6 Å². The summed E-state index contributed by atoms with van der Waals surface area (Å²) in [6, 6.07) is 4.38. The third kappa shape index (κ3) is 2.42. The Kier molecular flexibility index (Phi) is 3.25. The van der Waals surface area contributed by atoms with Gasteiger partial charge in [-0.2, -0.15) is 0 Å². The molecule has 1 rings (SSSR count). The highest BCUT2D eigenvalue weighted by Gasteiger charge is 2.08. The minimum Gasteiger partial charge on any atom is -0.356 e. The first-order valence-corrected chi connectivity index (χ1v) is 4.50. The average molecular weight is 179 g/mol. The van der Waals surface area contributed by atoms with Crippen LogP contribution in [0.2, 0.25) is 0 Å². The standard InChI is InChI=1S/C10H17N3/c1-8-4-5-12-10(6-8)13(3)9(2)7-11/h4-6,9H,7,11H2,1-3H3. The minimum atomic E-state index is 0.328. The number of nitrogens with zero attached hydrogens (tertiary/aromatic N) is 2. The first kappa shape index (κ1) is 9.99. The maximum Gasteiger partial charge on any atom is 0.128 e. The molecule has 0 aliphatic heterocycles. The number of likely N-dealkylation sites (N-methyl/N-ethyl adjacent to an activating group) is 1. The number of hydrogen-bond acceptors (Lipinski definition) is 3. The lowest BCUT2D eigenvalue weighted by atomic mass is 10.2. The van der Waals surface area contributed by atoms with Crippen LogP contribution in [0.5, 0.6) is 0 Å². The van der Waals surface area contributed by atoms with Gasteiger partial charge in [-0.1, -0.05) is 0 Å². The van der Waals surface area contributed by atoms with E-state index in [4.69, 9.17) is 5.73 Å². The van der Waals surface area contributed by atoms with Crippen LogP contribution in [0.3, 0.4) is 0 Å². The van der Waals surface area contributed by atoms with E-state index in [0.717, 1.165) is 5.82 Å². The van der Waals surface area contributed by atoms with Gasteiger partial charge in [0.15, 0.2) is 0 Å². The normalized spacial score (nSPS) is 12.6. The van der Waals surface area contributed by atoms with E-state index in [2.05, 4.69) is 29.8 Å². The van der Waals surface area contributed by atoms with Gasteiger partial charge in [0.25, 0.3) is 0 Å². The maximum atomic E-state index is 5.58. The van der Waals surface area contributed by atoms with Crippen LogP contribution in [0.1, 0.15) is 12.5 Å². The molecule has 1 atom stereocenters. The van der Waals surface area contributed by atoms with Crippen molar-refractivity contribution in [3.63, 3.8) is 0 Å². The van der Waals surface area contributed by atoms with Gasteiger partial charge in [0.1, 0.15) is 5.82 Å². The Hall–Kier alpha value is -1.09. The summed E-state index contributed by atoms with van der Waals surface area (Å²) in [4.78, 5) is 6.37. The second-order valence-corrected chi connectivity index (χ2v) is 3.39. The third-order valence-corrected chi connectivity index (χ3v) is 2.26. The summed E-state index contributed by atoms with van der Waals surface area (Å²) in [7, 11) is 2.01. The Labute approximate surface area is 79.6 Å². The zero-order valence-corrected chi connectivity index (χ0v) is 8.49. The summed E-state index contributed by atoms with van der Waals surface area (Å²) in [5.74, 6) is 0.984. The molecule has 1 aromatic rings. The Bertz CT molecular complexity index is 273. The minimum absolute atomic E-state index is 0.328. The Morgan fingerprint density at radius 2 is 2.31 bits per heavy atom. The van der Waals surface area contributed by atoms with Crippen molar-refractivity contribution in [2.45, 2.75) is 19.9 Å². The van der Waals surface area contributed by atoms with E-state index in [0.29, 0.717) is 12.6 Å². The zero-order chi connectivity index (χ0) is 9.84. The molecule has 0 aliphatic carbocycles. The van der Waals surface area contributed by atoms with Crippen LogP contribution in [-0.4, -0.2) is 24.6 Å². The molecular formula is C10H17N3. The van der Waals surface area contributed by atoms with Gasteiger partial charge in [0.2, 0.25) is 0 Å². The number of aromatic nitrogens is 1. The van der Waals surface area contributed by atoms with Gasteiger partial charge in [0, 0.05) is 25.8 Å². The largest absolute Gasteiger partial charge is 0.356 e. The van der Waals surface area contributed by atoms with Crippen LogP contribution < -0.4 is 10.6 Å². The first-order valence-electron chi connectivity index (χ1n) is 4.50. The van der Waals surface area contributed by atoms with Gasteiger partial charge in [-0.3, -0.25) is 0 Å². The fraction of sp³-hybridized carbons (Fsp3) is 0.500. The number of hydrogen-bond donors (Lipinski definition) is 1. The van der Waals surface area contributed by atoms with Crippen LogP contribution in [0.4, 0.5) is 5.82 Å². The molecule has 0 amide bonds. The van der Waals surface area contributed by atoms with Crippen molar-refractivity contribution in [3.05, 3.63) is 23.9 Å². The molecule has 3 nitrogen and oxygen atoms in total. The molecule has 0 saturated heterocycles. The lowest BCUT2D eigenvalue weighted by Crippen LogP contribution is -2.35. The van der Waals surface area contributed by atoms with Crippen molar-refractivity contribution in [2.75, 3.05) is 18.5 Å². The predicted molar refractivity (Wildman–Crippen MR) is 55.9 cm³/mol. The van der Waals surface area contributed by atoms with E-state index in [-0.39, 0.29) is 0 Å². The zero-order valence-electron chi connectivity index (χ0n) is 8.49. The monoisotopic (exact) mass is 179 g/mol. The summed E-state index contributed by atoms with van der Waals surface area (Å²) in [5.41, 5.74) is 6.80. The van der Waals surface area contributed by atoms with E-state index >= 15 is 0 Å². The van der Waals surface area contributed by atoms with E-state index < -0.39 is 0 Å². The van der Waals surface area contributed by atoms with E-state index in [9.17, 15) is 0 Å². The summed E-state index contributed by atoms with van der Waals surface area (Å²) in [5, 5.41) is 0. The molecule has 3 heteroatoms. The van der Waals surface area contributed by atoms with Crippen LogP contribution in [0, 0.1) is 6.92 Å². The molecule has 0 fully saturated rings. The molecule has 0 saturated carbocycles. The van der Waals surface area contributed by atoms with Gasteiger partial charge in [-0.25, -0.2) is 4.98 Å². The van der Waals surface area contributed by atoms with Crippen molar-refractivity contribution in [1.29, 1.82) is 0 Å². The molecule has 1 aromatic heterocycles. The molecule has 1 heterocycles. The number of pyridine rings is 1. The van der Waals surface area contributed by atoms with Crippen LogP contribution in [0.25, 0.3) is 0 Å². The summed E-state index contributed by atoms with van der Waals surface area (Å²) < 4.78 is 0. The van der Waals surface area contributed by atoms with Gasteiger partial charge >= 0.3 is 0 Å². The fourth-order valence-corrected chi connectivity index (χ4v) is 1.10. The quantitative estimate of drug-likeness (QED) is 0.757. The molecule has 2 N–H and O–H groups in total. The fourth-order valence-electron chi connectivity index (χ4n) is 1.10. The number of rotatable bonds is 3. The third-order valence-electron chi connectivity index (χ3n) is 2.26. The molecule has 0 radical (unpaired) electrons. The van der Waals surface area contributed by atoms with Gasteiger partial charge in [0.05, 0.1) is 0 Å². The summed E-state index contributed by atoms with van der Waals surface area (Å²) >= 11 is 0. The smallest absolute Gasteiger partial charge is 0.128 e. The molecule has 0 aliphatic rings. The molecule has 1 unspecified atom stereocenters. The van der Waals surface area contributed by atoms with E-state index in [1.54, 1.807) is 0 Å². The highest BCUT2D eigenvalue weighted by molar-refractivity contribution is 5.40. The predicted octanol–water partition coefficient (Wildman–Crippen LogP) is 1.17. The highest BCUT2D eigenvalue weighted by Crippen LogP contribution is 2.12. The highest BCUT2D eigenvalue weighted by atomic mass is 15.2. The number of anilines is 1.